The highest BCUT2D eigenvalue weighted by Gasteiger charge is 2.35. The number of morpholine rings is 1. The Morgan fingerprint density at radius 3 is 2.60 bits per heavy atom. The molecule has 20 heavy (non-hydrogen) atoms. The van der Waals surface area contributed by atoms with Crippen molar-refractivity contribution in [1.82, 2.24) is 4.90 Å². The van der Waals surface area contributed by atoms with Crippen LogP contribution in [0, 0.1) is 0 Å². The summed E-state index contributed by atoms with van der Waals surface area (Å²) < 4.78 is 5.93. The van der Waals surface area contributed by atoms with E-state index in [1.807, 2.05) is 43.0 Å². The van der Waals surface area contributed by atoms with Gasteiger partial charge in [-0.15, -0.1) is 0 Å². The lowest BCUT2D eigenvalue weighted by Crippen LogP contribution is -2.55. The van der Waals surface area contributed by atoms with Crippen molar-refractivity contribution >= 4 is 21.8 Å². The first-order chi connectivity index (χ1) is 9.45. The summed E-state index contributed by atoms with van der Waals surface area (Å²) in [4.78, 5) is 14.5. The van der Waals surface area contributed by atoms with Crippen molar-refractivity contribution in [2.75, 3.05) is 18.4 Å². The average molecular weight is 340 g/mol. The Bertz CT molecular complexity index is 470. The van der Waals surface area contributed by atoms with Crippen LogP contribution in [-0.2, 0) is 11.2 Å². The summed E-state index contributed by atoms with van der Waals surface area (Å²) in [6.45, 7) is 7.44. The van der Waals surface area contributed by atoms with E-state index in [1.165, 1.54) is 5.56 Å². The number of ether oxygens (including phenoxy) is 1. The maximum atomic E-state index is 12.6. The minimum atomic E-state index is -0.296. The van der Waals surface area contributed by atoms with E-state index in [1.54, 1.807) is 0 Å². The zero-order chi connectivity index (χ0) is 14.8. The normalized spacial score (nSPS) is 21.8. The molecule has 1 aromatic rings. The van der Waals surface area contributed by atoms with Gasteiger partial charge in [0.15, 0.2) is 0 Å². The largest absolute Gasteiger partial charge is 0.368 e. The SMILES string of the molecule is CCc1ccc(C(=O)N2CC(CBr)OC(C)(C)C2)cc1. The van der Waals surface area contributed by atoms with Crippen LogP contribution in [-0.4, -0.2) is 40.9 Å². The fraction of sp³-hybridized carbons (Fsp3) is 0.562. The molecule has 0 aliphatic carbocycles. The molecule has 1 saturated heterocycles. The summed E-state index contributed by atoms with van der Waals surface area (Å²) in [5.41, 5.74) is 1.71. The third-order valence-electron chi connectivity index (χ3n) is 3.55. The van der Waals surface area contributed by atoms with E-state index in [0.29, 0.717) is 13.1 Å². The molecule has 0 radical (unpaired) electrons. The number of alkyl halides is 1. The quantitative estimate of drug-likeness (QED) is 0.791. The molecule has 3 nitrogen and oxygen atoms in total. The highest BCUT2D eigenvalue weighted by atomic mass is 79.9. The maximum Gasteiger partial charge on any atom is 0.254 e. The van der Waals surface area contributed by atoms with Gasteiger partial charge >= 0.3 is 0 Å². The summed E-state index contributed by atoms with van der Waals surface area (Å²) in [7, 11) is 0. The van der Waals surface area contributed by atoms with Crippen LogP contribution in [0.25, 0.3) is 0 Å². The van der Waals surface area contributed by atoms with Gasteiger partial charge in [-0.1, -0.05) is 35.0 Å². The predicted molar refractivity (Wildman–Crippen MR) is 84.5 cm³/mol. The Hall–Kier alpha value is -0.870. The van der Waals surface area contributed by atoms with E-state index >= 15 is 0 Å². The number of rotatable bonds is 3. The van der Waals surface area contributed by atoms with Crippen LogP contribution in [0.3, 0.4) is 0 Å². The number of aryl methyl sites for hydroxylation is 1. The second-order valence-electron chi connectivity index (χ2n) is 5.89. The summed E-state index contributed by atoms with van der Waals surface area (Å²) in [6.07, 6.45) is 1.04. The molecule has 0 saturated carbocycles. The Labute approximate surface area is 129 Å². The van der Waals surface area contributed by atoms with Gasteiger partial charge in [0, 0.05) is 24.0 Å². The van der Waals surface area contributed by atoms with Crippen molar-refractivity contribution in [3.8, 4) is 0 Å². The van der Waals surface area contributed by atoms with Gasteiger partial charge in [0.25, 0.3) is 5.91 Å². The van der Waals surface area contributed by atoms with E-state index < -0.39 is 0 Å². The van der Waals surface area contributed by atoms with Crippen LogP contribution < -0.4 is 0 Å². The van der Waals surface area contributed by atoms with E-state index in [2.05, 4.69) is 22.9 Å². The summed E-state index contributed by atoms with van der Waals surface area (Å²) >= 11 is 3.45. The molecule has 110 valence electrons. The van der Waals surface area contributed by atoms with Crippen LogP contribution in [0.4, 0.5) is 0 Å². The Morgan fingerprint density at radius 1 is 1.40 bits per heavy atom. The lowest BCUT2D eigenvalue weighted by atomic mass is 10.0. The van der Waals surface area contributed by atoms with Crippen molar-refractivity contribution in [1.29, 1.82) is 0 Å². The van der Waals surface area contributed by atoms with E-state index in [4.69, 9.17) is 4.74 Å². The molecular formula is C16H22BrNO2. The third-order valence-corrected chi connectivity index (χ3v) is 4.27. The van der Waals surface area contributed by atoms with Crippen LogP contribution >= 0.6 is 15.9 Å². The summed E-state index contributed by atoms with van der Waals surface area (Å²) in [6, 6.07) is 7.90. The average Bonchev–Trinajstić information content (AvgIpc) is 2.44. The second kappa shape index (κ2) is 6.27. The minimum absolute atomic E-state index is 0.0533. The van der Waals surface area contributed by atoms with Gasteiger partial charge in [0.1, 0.15) is 0 Å². The topological polar surface area (TPSA) is 29.5 Å². The van der Waals surface area contributed by atoms with Gasteiger partial charge in [-0.05, 0) is 38.0 Å². The number of carbonyl (C=O) groups is 1. The molecule has 1 fully saturated rings. The van der Waals surface area contributed by atoms with Crippen LogP contribution in [0.1, 0.15) is 36.7 Å². The monoisotopic (exact) mass is 339 g/mol. The molecule has 4 heteroatoms. The van der Waals surface area contributed by atoms with Crippen molar-refractivity contribution in [2.24, 2.45) is 0 Å². The molecule has 1 atom stereocenters. The molecule has 1 heterocycles. The zero-order valence-corrected chi connectivity index (χ0v) is 13.9. The van der Waals surface area contributed by atoms with Crippen molar-refractivity contribution in [2.45, 2.75) is 38.9 Å². The number of hydrogen-bond donors (Lipinski definition) is 0. The Balaban J connectivity index is 2.14. The van der Waals surface area contributed by atoms with Crippen LogP contribution in [0.15, 0.2) is 24.3 Å². The highest BCUT2D eigenvalue weighted by Crippen LogP contribution is 2.23. The number of carbonyl (C=O) groups excluding carboxylic acids is 1. The molecule has 1 aliphatic heterocycles. The molecule has 2 rings (SSSR count). The third kappa shape index (κ3) is 3.61. The van der Waals surface area contributed by atoms with Gasteiger partial charge in [0.2, 0.25) is 0 Å². The molecule has 1 aliphatic rings. The predicted octanol–water partition coefficient (Wildman–Crippen LogP) is 3.26. The maximum absolute atomic E-state index is 12.6. The van der Waals surface area contributed by atoms with Crippen molar-refractivity contribution in [3.05, 3.63) is 35.4 Å². The molecule has 1 unspecified atom stereocenters. The first-order valence-corrected chi connectivity index (χ1v) is 8.19. The lowest BCUT2D eigenvalue weighted by molar-refractivity contribution is -0.116. The Morgan fingerprint density at radius 2 is 2.05 bits per heavy atom. The van der Waals surface area contributed by atoms with E-state index in [0.717, 1.165) is 17.3 Å². The van der Waals surface area contributed by atoms with E-state index in [-0.39, 0.29) is 17.6 Å². The molecule has 0 spiro atoms. The van der Waals surface area contributed by atoms with Gasteiger partial charge in [-0.25, -0.2) is 0 Å². The van der Waals surface area contributed by atoms with Gasteiger partial charge in [-0.2, -0.15) is 0 Å². The van der Waals surface area contributed by atoms with Gasteiger partial charge < -0.3 is 9.64 Å². The molecule has 1 aromatic carbocycles. The van der Waals surface area contributed by atoms with E-state index in [9.17, 15) is 4.79 Å². The standard InChI is InChI=1S/C16H22BrNO2/c1-4-12-5-7-13(8-6-12)15(19)18-10-14(9-17)20-16(2,3)11-18/h5-8,14H,4,9-11H2,1-3H3. The zero-order valence-electron chi connectivity index (χ0n) is 12.4. The number of amides is 1. The van der Waals surface area contributed by atoms with Crippen molar-refractivity contribution < 1.29 is 9.53 Å². The minimum Gasteiger partial charge on any atom is -0.368 e. The number of benzene rings is 1. The Kier molecular flexibility index (Phi) is 4.86. The fourth-order valence-electron chi connectivity index (χ4n) is 2.60. The van der Waals surface area contributed by atoms with Crippen LogP contribution in [0.2, 0.25) is 0 Å². The second-order valence-corrected chi connectivity index (χ2v) is 6.54. The smallest absolute Gasteiger partial charge is 0.254 e. The summed E-state index contributed by atoms with van der Waals surface area (Å²) in [5, 5.41) is 0.745. The first kappa shape index (κ1) is 15.5. The number of hydrogen-bond acceptors (Lipinski definition) is 2. The number of nitrogens with zero attached hydrogens (tertiary/aromatic N) is 1. The molecular weight excluding hydrogens is 318 g/mol. The summed E-state index contributed by atoms with van der Waals surface area (Å²) in [5.74, 6) is 0.0926. The van der Waals surface area contributed by atoms with Crippen LogP contribution in [0.5, 0.6) is 0 Å². The molecule has 0 N–H and O–H groups in total. The first-order valence-electron chi connectivity index (χ1n) is 7.07. The van der Waals surface area contributed by atoms with Gasteiger partial charge in [0.05, 0.1) is 11.7 Å². The highest BCUT2D eigenvalue weighted by molar-refractivity contribution is 9.09. The lowest BCUT2D eigenvalue weighted by Gasteiger charge is -2.42. The molecule has 0 aromatic heterocycles. The van der Waals surface area contributed by atoms with Crippen molar-refractivity contribution in [3.63, 3.8) is 0 Å². The fourth-order valence-corrected chi connectivity index (χ4v) is 2.93. The molecule has 1 amide bonds. The molecule has 0 bridgehead atoms. The van der Waals surface area contributed by atoms with Gasteiger partial charge in [-0.3, -0.25) is 4.79 Å². The number of halogens is 1.